The Morgan fingerprint density at radius 1 is 0.857 bits per heavy atom. The Morgan fingerprint density at radius 2 is 1.43 bits per heavy atom. The minimum Gasteiger partial charge on any atom is -0.493 e. The SMILES string of the molecule is Cc1cc(C)c(OCCCOc2ccc(N)cc2)c(C)c1. The lowest BCUT2D eigenvalue weighted by atomic mass is 10.1. The van der Waals surface area contributed by atoms with Gasteiger partial charge in [-0.15, -0.1) is 0 Å². The molecule has 0 heterocycles. The van der Waals surface area contributed by atoms with Gasteiger partial charge >= 0.3 is 0 Å². The number of anilines is 1. The van der Waals surface area contributed by atoms with Gasteiger partial charge in [-0.2, -0.15) is 0 Å². The first-order valence-corrected chi connectivity index (χ1v) is 7.25. The highest BCUT2D eigenvalue weighted by Gasteiger charge is 2.04. The molecular formula is C18H23NO2. The quantitative estimate of drug-likeness (QED) is 0.643. The van der Waals surface area contributed by atoms with Gasteiger partial charge in [0.2, 0.25) is 0 Å². The standard InChI is InChI=1S/C18H23NO2/c1-13-11-14(2)18(15(3)12-13)21-10-4-9-20-17-7-5-16(19)6-8-17/h5-8,11-12H,4,9-10,19H2,1-3H3. The maximum Gasteiger partial charge on any atom is 0.125 e. The number of benzene rings is 2. The fraction of sp³-hybridized carbons (Fsp3) is 0.333. The van der Waals surface area contributed by atoms with Gasteiger partial charge in [-0.1, -0.05) is 17.7 Å². The third-order valence-corrected chi connectivity index (χ3v) is 3.29. The van der Waals surface area contributed by atoms with Crippen molar-refractivity contribution in [2.75, 3.05) is 18.9 Å². The molecule has 0 saturated heterocycles. The number of aryl methyl sites for hydroxylation is 3. The molecule has 0 spiro atoms. The Balaban J connectivity index is 1.76. The molecule has 0 aliphatic rings. The maximum atomic E-state index is 5.88. The van der Waals surface area contributed by atoms with E-state index in [2.05, 4.69) is 32.9 Å². The summed E-state index contributed by atoms with van der Waals surface area (Å²) in [6.07, 6.45) is 0.844. The van der Waals surface area contributed by atoms with Gasteiger partial charge in [-0.3, -0.25) is 0 Å². The molecule has 0 aliphatic carbocycles. The van der Waals surface area contributed by atoms with Crippen molar-refractivity contribution in [1.29, 1.82) is 0 Å². The van der Waals surface area contributed by atoms with Crippen molar-refractivity contribution >= 4 is 5.69 Å². The van der Waals surface area contributed by atoms with Crippen molar-refractivity contribution in [3.8, 4) is 11.5 Å². The topological polar surface area (TPSA) is 44.5 Å². The summed E-state index contributed by atoms with van der Waals surface area (Å²) < 4.78 is 11.5. The van der Waals surface area contributed by atoms with Crippen molar-refractivity contribution in [1.82, 2.24) is 0 Å². The largest absolute Gasteiger partial charge is 0.493 e. The van der Waals surface area contributed by atoms with Crippen LogP contribution in [-0.4, -0.2) is 13.2 Å². The lowest BCUT2D eigenvalue weighted by molar-refractivity contribution is 0.246. The molecule has 3 heteroatoms. The van der Waals surface area contributed by atoms with Crippen molar-refractivity contribution in [2.45, 2.75) is 27.2 Å². The number of hydrogen-bond acceptors (Lipinski definition) is 3. The third-order valence-electron chi connectivity index (χ3n) is 3.29. The molecule has 2 aromatic rings. The van der Waals surface area contributed by atoms with Crippen molar-refractivity contribution in [2.24, 2.45) is 0 Å². The van der Waals surface area contributed by atoms with Crippen LogP contribution in [0.1, 0.15) is 23.1 Å². The van der Waals surface area contributed by atoms with E-state index >= 15 is 0 Å². The van der Waals surface area contributed by atoms with E-state index in [0.29, 0.717) is 13.2 Å². The molecule has 0 saturated carbocycles. The molecule has 2 aromatic carbocycles. The summed E-state index contributed by atoms with van der Waals surface area (Å²) in [5.74, 6) is 1.83. The molecule has 0 radical (unpaired) electrons. The second-order valence-electron chi connectivity index (χ2n) is 5.35. The first-order chi connectivity index (χ1) is 10.1. The summed E-state index contributed by atoms with van der Waals surface area (Å²) in [7, 11) is 0. The summed E-state index contributed by atoms with van der Waals surface area (Å²) in [4.78, 5) is 0. The Morgan fingerprint density at radius 3 is 2.05 bits per heavy atom. The van der Waals surface area contributed by atoms with Gasteiger partial charge in [0.1, 0.15) is 11.5 Å². The van der Waals surface area contributed by atoms with Crippen LogP contribution in [0.2, 0.25) is 0 Å². The molecule has 2 rings (SSSR count). The molecule has 0 amide bonds. The zero-order valence-corrected chi connectivity index (χ0v) is 13.0. The molecule has 3 nitrogen and oxygen atoms in total. The van der Waals surface area contributed by atoms with E-state index in [4.69, 9.17) is 15.2 Å². The minimum absolute atomic E-state index is 0.633. The molecule has 0 aliphatic heterocycles. The first kappa shape index (κ1) is 15.2. The number of hydrogen-bond donors (Lipinski definition) is 1. The Labute approximate surface area is 126 Å². The number of nitrogens with two attached hydrogens (primary N) is 1. The van der Waals surface area contributed by atoms with Crippen LogP contribution in [0.15, 0.2) is 36.4 Å². The van der Waals surface area contributed by atoms with Crippen molar-refractivity contribution in [3.05, 3.63) is 53.1 Å². The Hall–Kier alpha value is -2.16. The van der Waals surface area contributed by atoms with Gasteiger partial charge in [0, 0.05) is 12.1 Å². The second kappa shape index (κ2) is 7.02. The summed E-state index contributed by atoms with van der Waals surface area (Å²) >= 11 is 0. The average Bonchev–Trinajstić information content (AvgIpc) is 2.43. The van der Waals surface area contributed by atoms with Gasteiger partial charge in [0.15, 0.2) is 0 Å². The van der Waals surface area contributed by atoms with E-state index in [1.54, 1.807) is 0 Å². The van der Waals surface area contributed by atoms with Gasteiger partial charge in [0.25, 0.3) is 0 Å². The van der Waals surface area contributed by atoms with Gasteiger partial charge in [0.05, 0.1) is 13.2 Å². The van der Waals surface area contributed by atoms with E-state index in [9.17, 15) is 0 Å². The fourth-order valence-corrected chi connectivity index (χ4v) is 2.38. The molecule has 21 heavy (non-hydrogen) atoms. The molecule has 0 fully saturated rings. The zero-order valence-electron chi connectivity index (χ0n) is 13.0. The van der Waals surface area contributed by atoms with Crippen molar-refractivity contribution in [3.63, 3.8) is 0 Å². The van der Waals surface area contributed by atoms with Crippen LogP contribution in [0.5, 0.6) is 11.5 Å². The van der Waals surface area contributed by atoms with E-state index in [1.165, 1.54) is 16.7 Å². The average molecular weight is 285 g/mol. The van der Waals surface area contributed by atoms with E-state index < -0.39 is 0 Å². The number of nitrogen functional groups attached to an aromatic ring is 1. The lowest BCUT2D eigenvalue weighted by Crippen LogP contribution is -2.06. The fourth-order valence-electron chi connectivity index (χ4n) is 2.38. The van der Waals surface area contributed by atoms with Gasteiger partial charge < -0.3 is 15.2 Å². The Kier molecular flexibility index (Phi) is 5.09. The molecule has 0 aromatic heterocycles. The normalized spacial score (nSPS) is 10.4. The number of rotatable bonds is 6. The highest BCUT2D eigenvalue weighted by atomic mass is 16.5. The predicted molar refractivity (Wildman–Crippen MR) is 87.1 cm³/mol. The second-order valence-corrected chi connectivity index (χ2v) is 5.35. The molecule has 2 N–H and O–H groups in total. The van der Waals surface area contributed by atoms with Crippen LogP contribution in [0.25, 0.3) is 0 Å². The van der Waals surface area contributed by atoms with Crippen LogP contribution in [0.4, 0.5) is 5.69 Å². The lowest BCUT2D eigenvalue weighted by Gasteiger charge is -2.13. The molecular weight excluding hydrogens is 262 g/mol. The monoisotopic (exact) mass is 285 g/mol. The van der Waals surface area contributed by atoms with Crippen molar-refractivity contribution < 1.29 is 9.47 Å². The van der Waals surface area contributed by atoms with Crippen LogP contribution in [0.3, 0.4) is 0 Å². The van der Waals surface area contributed by atoms with E-state index in [1.807, 2.05) is 24.3 Å². The van der Waals surface area contributed by atoms with Crippen LogP contribution in [0, 0.1) is 20.8 Å². The van der Waals surface area contributed by atoms with Crippen LogP contribution >= 0.6 is 0 Å². The summed E-state index contributed by atoms with van der Waals surface area (Å²) in [5.41, 5.74) is 10.0. The van der Waals surface area contributed by atoms with Gasteiger partial charge in [-0.25, -0.2) is 0 Å². The predicted octanol–water partition coefficient (Wildman–Crippen LogP) is 4.04. The highest BCUT2D eigenvalue weighted by molar-refractivity contribution is 5.43. The summed E-state index contributed by atoms with van der Waals surface area (Å²) in [6, 6.07) is 11.7. The minimum atomic E-state index is 0.633. The smallest absolute Gasteiger partial charge is 0.125 e. The van der Waals surface area contributed by atoms with E-state index in [0.717, 1.165) is 23.6 Å². The molecule has 0 bridgehead atoms. The first-order valence-electron chi connectivity index (χ1n) is 7.25. The van der Waals surface area contributed by atoms with E-state index in [-0.39, 0.29) is 0 Å². The molecule has 112 valence electrons. The number of ether oxygens (including phenoxy) is 2. The molecule has 0 atom stereocenters. The summed E-state index contributed by atoms with van der Waals surface area (Å²) in [5, 5.41) is 0. The third kappa shape index (κ3) is 4.42. The van der Waals surface area contributed by atoms with Gasteiger partial charge in [-0.05, 0) is 56.2 Å². The highest BCUT2D eigenvalue weighted by Crippen LogP contribution is 2.24. The van der Waals surface area contributed by atoms with Crippen LogP contribution < -0.4 is 15.2 Å². The zero-order chi connectivity index (χ0) is 15.2. The maximum absolute atomic E-state index is 5.88. The Bertz CT molecular complexity index is 568. The molecule has 0 unspecified atom stereocenters. The summed E-state index contributed by atoms with van der Waals surface area (Å²) in [6.45, 7) is 7.55. The van der Waals surface area contributed by atoms with Crippen LogP contribution in [-0.2, 0) is 0 Å².